The number of carbonyl (C=O) groups is 1. The van der Waals surface area contributed by atoms with Crippen LogP contribution >= 0.6 is 0 Å². The summed E-state index contributed by atoms with van der Waals surface area (Å²) in [5, 5.41) is 10.2. The molecule has 0 radical (unpaired) electrons. The Morgan fingerprint density at radius 2 is 1.62 bits per heavy atom. The molecule has 4 aliphatic rings. The maximum absolute atomic E-state index is 11.6. The maximum atomic E-state index is 11.6. The molecule has 0 amide bonds. The minimum absolute atomic E-state index is 0.137. The van der Waals surface area contributed by atoms with E-state index < -0.39 is 12.1 Å². The zero-order valence-electron chi connectivity index (χ0n) is 9.82. The Labute approximate surface area is 96.2 Å². The van der Waals surface area contributed by atoms with E-state index in [1.165, 1.54) is 26.4 Å². The van der Waals surface area contributed by atoms with Crippen molar-refractivity contribution in [1.29, 1.82) is 0 Å². The molecule has 1 atom stereocenters. The Morgan fingerprint density at radius 1 is 1.19 bits per heavy atom. The van der Waals surface area contributed by atoms with Crippen molar-refractivity contribution in [2.75, 3.05) is 7.11 Å². The van der Waals surface area contributed by atoms with Crippen molar-refractivity contribution in [2.45, 2.75) is 44.6 Å². The third-order valence-corrected chi connectivity index (χ3v) is 5.09. The van der Waals surface area contributed by atoms with Gasteiger partial charge in [-0.2, -0.15) is 0 Å². The van der Waals surface area contributed by atoms with Gasteiger partial charge in [-0.25, -0.2) is 4.79 Å². The summed E-state index contributed by atoms with van der Waals surface area (Å²) in [4.78, 5) is 11.6. The Balaban J connectivity index is 1.85. The summed E-state index contributed by atoms with van der Waals surface area (Å²) in [6.07, 6.45) is 6.21. The fraction of sp³-hybridized carbons (Fsp3) is 0.923. The van der Waals surface area contributed by atoms with E-state index in [1.807, 2.05) is 0 Å². The van der Waals surface area contributed by atoms with E-state index in [1.54, 1.807) is 0 Å². The van der Waals surface area contributed by atoms with Crippen LogP contribution in [-0.4, -0.2) is 24.3 Å². The lowest BCUT2D eigenvalue weighted by Crippen LogP contribution is -2.54. The normalized spacial score (nSPS) is 46.8. The average Bonchev–Trinajstić information content (AvgIpc) is 2.25. The van der Waals surface area contributed by atoms with Crippen molar-refractivity contribution in [2.24, 2.45) is 23.2 Å². The number of ether oxygens (including phenoxy) is 1. The molecule has 4 bridgehead atoms. The van der Waals surface area contributed by atoms with Gasteiger partial charge in [0.05, 0.1) is 7.11 Å². The second kappa shape index (κ2) is 3.46. The molecular weight excluding hydrogens is 204 g/mol. The summed E-state index contributed by atoms with van der Waals surface area (Å²) in [5.41, 5.74) is -0.137. The van der Waals surface area contributed by atoms with Crippen LogP contribution in [0.15, 0.2) is 0 Å². The summed E-state index contributed by atoms with van der Waals surface area (Å²) in [6, 6.07) is 0. The first-order valence-electron chi connectivity index (χ1n) is 6.39. The van der Waals surface area contributed by atoms with Crippen molar-refractivity contribution < 1.29 is 14.6 Å². The van der Waals surface area contributed by atoms with E-state index in [2.05, 4.69) is 0 Å². The Morgan fingerprint density at radius 3 is 2.00 bits per heavy atom. The third kappa shape index (κ3) is 1.41. The van der Waals surface area contributed by atoms with Crippen LogP contribution in [0.2, 0.25) is 0 Å². The van der Waals surface area contributed by atoms with E-state index in [-0.39, 0.29) is 5.41 Å². The lowest BCUT2D eigenvalue weighted by atomic mass is 9.48. The van der Waals surface area contributed by atoms with Gasteiger partial charge in [0.15, 0.2) is 6.10 Å². The monoisotopic (exact) mass is 224 g/mol. The molecule has 0 aliphatic heterocycles. The van der Waals surface area contributed by atoms with Gasteiger partial charge >= 0.3 is 5.97 Å². The zero-order valence-corrected chi connectivity index (χ0v) is 9.82. The minimum Gasteiger partial charge on any atom is -0.467 e. The number of rotatable bonds is 2. The molecule has 90 valence electrons. The van der Waals surface area contributed by atoms with Crippen LogP contribution < -0.4 is 0 Å². The fourth-order valence-electron chi connectivity index (χ4n) is 4.87. The summed E-state index contributed by atoms with van der Waals surface area (Å²) in [7, 11) is 1.37. The van der Waals surface area contributed by atoms with Crippen molar-refractivity contribution in [3.63, 3.8) is 0 Å². The molecule has 0 aromatic rings. The molecule has 0 aromatic heterocycles. The second-order valence-corrected chi connectivity index (χ2v) is 6.21. The number of methoxy groups -OCH3 is 1. The quantitative estimate of drug-likeness (QED) is 0.727. The first-order valence-corrected chi connectivity index (χ1v) is 6.39. The Kier molecular flexibility index (Phi) is 2.29. The maximum Gasteiger partial charge on any atom is 0.335 e. The van der Waals surface area contributed by atoms with E-state index in [0.717, 1.165) is 37.0 Å². The predicted octanol–water partition coefficient (Wildman–Crippen LogP) is 1.74. The average molecular weight is 224 g/mol. The van der Waals surface area contributed by atoms with Gasteiger partial charge in [-0.1, -0.05) is 0 Å². The van der Waals surface area contributed by atoms with E-state index >= 15 is 0 Å². The second-order valence-electron chi connectivity index (χ2n) is 6.21. The van der Waals surface area contributed by atoms with Crippen molar-refractivity contribution >= 4 is 5.97 Å². The molecular formula is C13H20O3. The highest BCUT2D eigenvalue weighted by Crippen LogP contribution is 2.61. The molecule has 4 saturated carbocycles. The van der Waals surface area contributed by atoms with Gasteiger partial charge < -0.3 is 9.84 Å². The summed E-state index contributed by atoms with van der Waals surface area (Å²) >= 11 is 0. The lowest BCUT2D eigenvalue weighted by molar-refractivity contribution is -0.173. The molecule has 4 fully saturated rings. The molecule has 3 nitrogen and oxygen atoms in total. The van der Waals surface area contributed by atoms with Gasteiger partial charge in [0, 0.05) is 5.41 Å². The highest BCUT2D eigenvalue weighted by molar-refractivity contribution is 5.75. The van der Waals surface area contributed by atoms with Crippen LogP contribution in [0.5, 0.6) is 0 Å². The number of hydrogen-bond acceptors (Lipinski definition) is 3. The smallest absolute Gasteiger partial charge is 0.335 e. The third-order valence-electron chi connectivity index (χ3n) is 5.09. The van der Waals surface area contributed by atoms with Crippen LogP contribution in [0.25, 0.3) is 0 Å². The van der Waals surface area contributed by atoms with Crippen LogP contribution in [0.4, 0.5) is 0 Å². The molecule has 0 aromatic carbocycles. The summed E-state index contributed by atoms with van der Waals surface area (Å²) in [6.45, 7) is 0. The lowest BCUT2D eigenvalue weighted by Gasteiger charge is -2.57. The van der Waals surface area contributed by atoms with Crippen LogP contribution in [0.1, 0.15) is 38.5 Å². The first-order chi connectivity index (χ1) is 7.63. The van der Waals surface area contributed by atoms with Gasteiger partial charge in [0.2, 0.25) is 0 Å². The zero-order chi connectivity index (χ0) is 11.3. The molecule has 0 heterocycles. The number of aliphatic hydroxyl groups excluding tert-OH is 1. The van der Waals surface area contributed by atoms with E-state index in [9.17, 15) is 9.90 Å². The van der Waals surface area contributed by atoms with Gasteiger partial charge in [0.25, 0.3) is 0 Å². The standard InChI is InChI=1S/C13H20O3/c1-16-12(15)11(14)13-5-8-2-9(6-13)4-10(3-8)7-13/h8-11,14H,2-7H2,1H3/t8?,9?,10?,11-,13?/m1/s1. The van der Waals surface area contributed by atoms with Crippen LogP contribution in [-0.2, 0) is 9.53 Å². The molecule has 3 heteroatoms. The van der Waals surface area contributed by atoms with Gasteiger partial charge in [0.1, 0.15) is 0 Å². The van der Waals surface area contributed by atoms with Crippen LogP contribution in [0, 0.1) is 23.2 Å². The molecule has 0 spiro atoms. The highest BCUT2D eigenvalue weighted by Gasteiger charge is 2.55. The van der Waals surface area contributed by atoms with E-state index in [4.69, 9.17) is 4.74 Å². The first kappa shape index (κ1) is 10.6. The minimum atomic E-state index is -0.883. The Hall–Kier alpha value is -0.570. The number of esters is 1. The number of hydrogen-bond donors (Lipinski definition) is 1. The summed E-state index contributed by atoms with van der Waals surface area (Å²) < 4.78 is 4.71. The molecule has 0 unspecified atom stereocenters. The molecule has 0 saturated heterocycles. The summed E-state index contributed by atoms with van der Waals surface area (Å²) in [5.74, 6) is 1.84. The molecule has 16 heavy (non-hydrogen) atoms. The van der Waals surface area contributed by atoms with Crippen molar-refractivity contribution in [1.82, 2.24) is 0 Å². The fourth-order valence-corrected chi connectivity index (χ4v) is 4.87. The topological polar surface area (TPSA) is 46.5 Å². The molecule has 4 aliphatic carbocycles. The van der Waals surface area contributed by atoms with Gasteiger partial charge in [-0.05, 0) is 56.3 Å². The largest absolute Gasteiger partial charge is 0.467 e. The van der Waals surface area contributed by atoms with Gasteiger partial charge in [-0.15, -0.1) is 0 Å². The van der Waals surface area contributed by atoms with Crippen molar-refractivity contribution in [3.8, 4) is 0 Å². The number of carbonyl (C=O) groups excluding carboxylic acids is 1. The Bertz CT molecular complexity index is 275. The van der Waals surface area contributed by atoms with Gasteiger partial charge in [-0.3, -0.25) is 0 Å². The number of aliphatic hydroxyl groups is 1. The highest BCUT2D eigenvalue weighted by atomic mass is 16.5. The predicted molar refractivity (Wildman–Crippen MR) is 58.6 cm³/mol. The van der Waals surface area contributed by atoms with Crippen LogP contribution in [0.3, 0.4) is 0 Å². The van der Waals surface area contributed by atoms with Crippen molar-refractivity contribution in [3.05, 3.63) is 0 Å². The molecule has 4 rings (SSSR count). The SMILES string of the molecule is COC(=O)[C@@H](O)C12CC3CC(CC(C3)C1)C2. The van der Waals surface area contributed by atoms with E-state index in [0.29, 0.717) is 0 Å². The molecule has 1 N–H and O–H groups in total.